The minimum atomic E-state index is 0.200. The molecule has 0 spiro atoms. The van der Waals surface area contributed by atoms with E-state index in [9.17, 15) is 0 Å². The number of likely N-dealkylation sites (N-methyl/N-ethyl adjacent to an activating group) is 1. The zero-order valence-corrected chi connectivity index (χ0v) is 11.4. The molecule has 16 heavy (non-hydrogen) atoms. The Kier molecular flexibility index (Phi) is 4.57. The van der Waals surface area contributed by atoms with Gasteiger partial charge in [-0.25, -0.2) is 0 Å². The maximum atomic E-state index is 6.43. The number of nitrogens with two attached hydrogens (primary N) is 1. The maximum Gasteiger partial charge on any atom is 0.0357 e. The van der Waals surface area contributed by atoms with Gasteiger partial charge in [0, 0.05) is 11.6 Å². The fourth-order valence-electron chi connectivity index (χ4n) is 2.98. The fourth-order valence-corrected chi connectivity index (χ4v) is 2.98. The third-order valence-corrected chi connectivity index (χ3v) is 4.29. The second-order valence-electron chi connectivity index (χ2n) is 5.95. The summed E-state index contributed by atoms with van der Waals surface area (Å²) < 4.78 is 0. The second-order valence-corrected chi connectivity index (χ2v) is 5.95. The van der Waals surface area contributed by atoms with Crippen LogP contribution in [0.4, 0.5) is 0 Å². The molecule has 0 radical (unpaired) electrons. The Hall–Kier alpha value is -0.340. The van der Waals surface area contributed by atoms with Crippen molar-refractivity contribution >= 4 is 0 Å². The molecule has 0 bridgehead atoms. The van der Waals surface area contributed by atoms with E-state index in [1.54, 1.807) is 0 Å². The molecular formula is C14H28N2. The molecule has 0 heterocycles. The fraction of sp³-hybridized carbons (Fsp3) is 0.857. The van der Waals surface area contributed by atoms with Crippen molar-refractivity contribution in [3.05, 3.63) is 12.2 Å². The zero-order valence-electron chi connectivity index (χ0n) is 11.4. The van der Waals surface area contributed by atoms with Crippen LogP contribution in [0.1, 0.15) is 46.0 Å². The smallest absolute Gasteiger partial charge is 0.0357 e. The van der Waals surface area contributed by atoms with Gasteiger partial charge >= 0.3 is 0 Å². The minimum Gasteiger partial charge on any atom is -0.326 e. The van der Waals surface area contributed by atoms with Crippen LogP contribution in [0, 0.1) is 5.92 Å². The Bertz CT molecular complexity index is 237. The van der Waals surface area contributed by atoms with Crippen LogP contribution in [0.15, 0.2) is 12.2 Å². The lowest BCUT2D eigenvalue weighted by molar-refractivity contribution is 0.0569. The molecule has 0 aromatic carbocycles. The quantitative estimate of drug-likeness (QED) is 0.744. The first-order valence-electron chi connectivity index (χ1n) is 6.46. The summed E-state index contributed by atoms with van der Waals surface area (Å²) in [6.07, 6.45) is 6.03. The molecule has 0 aromatic heterocycles. The topological polar surface area (TPSA) is 29.3 Å². The Balaban J connectivity index is 2.76. The second kappa shape index (κ2) is 5.33. The minimum absolute atomic E-state index is 0.200. The third kappa shape index (κ3) is 2.86. The van der Waals surface area contributed by atoms with Gasteiger partial charge in [-0.05, 0) is 59.0 Å². The van der Waals surface area contributed by atoms with E-state index in [0.717, 1.165) is 12.3 Å². The van der Waals surface area contributed by atoms with Gasteiger partial charge in [-0.15, -0.1) is 6.58 Å². The molecular weight excluding hydrogens is 196 g/mol. The predicted molar refractivity (Wildman–Crippen MR) is 71.5 cm³/mol. The van der Waals surface area contributed by atoms with Crippen molar-refractivity contribution in [3.63, 3.8) is 0 Å². The molecule has 1 aliphatic carbocycles. The Morgan fingerprint density at radius 2 is 1.94 bits per heavy atom. The summed E-state index contributed by atoms with van der Waals surface area (Å²) in [5, 5.41) is 0. The van der Waals surface area contributed by atoms with Crippen molar-refractivity contribution in [3.8, 4) is 0 Å². The van der Waals surface area contributed by atoms with Crippen molar-refractivity contribution in [2.24, 2.45) is 11.7 Å². The summed E-state index contributed by atoms with van der Waals surface area (Å²) in [5.41, 5.74) is 7.83. The van der Waals surface area contributed by atoms with Gasteiger partial charge in [-0.2, -0.15) is 0 Å². The average Bonchev–Trinajstić information content (AvgIpc) is 2.17. The number of rotatable bonds is 4. The first-order chi connectivity index (χ1) is 7.38. The van der Waals surface area contributed by atoms with Crippen LogP contribution in [0.25, 0.3) is 0 Å². The van der Waals surface area contributed by atoms with Crippen molar-refractivity contribution in [1.82, 2.24) is 4.90 Å². The van der Waals surface area contributed by atoms with E-state index in [-0.39, 0.29) is 11.6 Å². The molecule has 1 rings (SSSR count). The average molecular weight is 224 g/mol. The van der Waals surface area contributed by atoms with Gasteiger partial charge in [0.05, 0.1) is 0 Å². The van der Waals surface area contributed by atoms with E-state index in [1.165, 1.54) is 31.3 Å². The molecule has 0 aromatic rings. The summed E-state index contributed by atoms with van der Waals surface area (Å²) >= 11 is 0. The van der Waals surface area contributed by atoms with E-state index in [1.807, 2.05) is 0 Å². The van der Waals surface area contributed by atoms with Gasteiger partial charge in [0.15, 0.2) is 0 Å². The molecule has 94 valence electrons. The lowest BCUT2D eigenvalue weighted by Gasteiger charge is -2.48. The highest BCUT2D eigenvalue weighted by Gasteiger charge is 2.40. The van der Waals surface area contributed by atoms with Crippen LogP contribution < -0.4 is 5.73 Å². The molecule has 1 unspecified atom stereocenters. The van der Waals surface area contributed by atoms with Gasteiger partial charge < -0.3 is 10.6 Å². The van der Waals surface area contributed by atoms with E-state index in [2.05, 4.69) is 39.4 Å². The first-order valence-corrected chi connectivity index (χ1v) is 6.46. The highest BCUT2D eigenvalue weighted by molar-refractivity contribution is 5.05. The Labute approximate surface area is 101 Å². The van der Waals surface area contributed by atoms with Crippen LogP contribution in [0.5, 0.6) is 0 Å². The SMILES string of the molecule is C=C(C)CC(N)C1(N(C)C)CCC(C)CC1. The molecule has 2 nitrogen and oxygen atoms in total. The maximum absolute atomic E-state index is 6.43. The molecule has 0 amide bonds. The first kappa shape index (κ1) is 13.7. The van der Waals surface area contributed by atoms with Gasteiger partial charge in [0.1, 0.15) is 0 Å². The Morgan fingerprint density at radius 3 is 2.31 bits per heavy atom. The van der Waals surface area contributed by atoms with Crippen molar-refractivity contribution in [2.45, 2.75) is 57.5 Å². The predicted octanol–water partition coefficient (Wildman–Crippen LogP) is 2.79. The van der Waals surface area contributed by atoms with Crippen molar-refractivity contribution in [1.29, 1.82) is 0 Å². The van der Waals surface area contributed by atoms with Crippen LogP contribution >= 0.6 is 0 Å². The lowest BCUT2D eigenvalue weighted by atomic mass is 9.71. The lowest BCUT2D eigenvalue weighted by Crippen LogP contribution is -2.59. The summed E-state index contributed by atoms with van der Waals surface area (Å²) in [5.74, 6) is 0.866. The number of hydrogen-bond donors (Lipinski definition) is 1. The summed E-state index contributed by atoms with van der Waals surface area (Å²) in [7, 11) is 4.35. The van der Waals surface area contributed by atoms with Crippen LogP contribution in [-0.2, 0) is 0 Å². The summed E-state index contributed by atoms with van der Waals surface area (Å²) in [6.45, 7) is 8.43. The molecule has 0 aliphatic heterocycles. The molecule has 1 atom stereocenters. The van der Waals surface area contributed by atoms with E-state index in [4.69, 9.17) is 5.73 Å². The van der Waals surface area contributed by atoms with Gasteiger partial charge in [0.25, 0.3) is 0 Å². The zero-order chi connectivity index (χ0) is 12.3. The van der Waals surface area contributed by atoms with Crippen LogP contribution in [0.2, 0.25) is 0 Å². The molecule has 1 saturated carbocycles. The summed E-state index contributed by atoms with van der Waals surface area (Å²) in [6, 6.07) is 0.229. The highest BCUT2D eigenvalue weighted by Crippen LogP contribution is 2.38. The Morgan fingerprint density at radius 1 is 1.44 bits per heavy atom. The monoisotopic (exact) mass is 224 g/mol. The summed E-state index contributed by atoms with van der Waals surface area (Å²) in [4.78, 5) is 2.35. The standard InChI is InChI=1S/C14H28N2/c1-11(2)10-13(15)14(16(4)5)8-6-12(3)7-9-14/h12-13H,1,6-10,15H2,2-5H3. The molecule has 2 heteroatoms. The van der Waals surface area contributed by atoms with E-state index >= 15 is 0 Å². The molecule has 1 fully saturated rings. The van der Waals surface area contributed by atoms with Crippen molar-refractivity contribution in [2.75, 3.05) is 14.1 Å². The van der Waals surface area contributed by atoms with Gasteiger partial charge in [0.2, 0.25) is 0 Å². The number of hydrogen-bond acceptors (Lipinski definition) is 2. The molecule has 2 N–H and O–H groups in total. The van der Waals surface area contributed by atoms with Gasteiger partial charge in [-0.3, -0.25) is 0 Å². The van der Waals surface area contributed by atoms with Crippen molar-refractivity contribution < 1.29 is 0 Å². The molecule has 0 saturated heterocycles. The van der Waals surface area contributed by atoms with E-state index in [0.29, 0.717) is 0 Å². The van der Waals surface area contributed by atoms with Crippen LogP contribution in [0.3, 0.4) is 0 Å². The highest BCUT2D eigenvalue weighted by atomic mass is 15.2. The molecule has 1 aliphatic rings. The van der Waals surface area contributed by atoms with Crippen LogP contribution in [-0.4, -0.2) is 30.6 Å². The van der Waals surface area contributed by atoms with E-state index < -0.39 is 0 Å². The largest absolute Gasteiger partial charge is 0.326 e. The third-order valence-electron chi connectivity index (χ3n) is 4.29. The normalized spacial score (nSPS) is 32.8. The van der Waals surface area contributed by atoms with Gasteiger partial charge in [-0.1, -0.05) is 12.5 Å². The number of nitrogens with zero attached hydrogens (tertiary/aromatic N) is 1.